The Morgan fingerprint density at radius 3 is 1.74 bits per heavy atom. The zero-order valence-electron chi connectivity index (χ0n) is 19.8. The fourth-order valence-corrected chi connectivity index (χ4v) is 4.83. The van der Waals surface area contributed by atoms with E-state index in [9.17, 15) is 4.79 Å². The van der Waals surface area contributed by atoms with Crippen molar-refractivity contribution in [3.8, 4) is 5.75 Å². The normalized spacial score (nSPS) is 11.3. The second kappa shape index (κ2) is 9.43. The lowest BCUT2D eigenvalue weighted by Gasteiger charge is -2.37. The van der Waals surface area contributed by atoms with Gasteiger partial charge in [-0.3, -0.25) is 4.79 Å². The summed E-state index contributed by atoms with van der Waals surface area (Å²) >= 11 is 0. The Morgan fingerprint density at radius 1 is 0.743 bits per heavy atom. The van der Waals surface area contributed by atoms with E-state index in [-0.39, 0.29) is 5.78 Å². The number of rotatable bonds is 7. The lowest BCUT2D eigenvalue weighted by molar-refractivity contribution is 0.103. The van der Waals surface area contributed by atoms with Crippen LogP contribution in [0.5, 0.6) is 5.75 Å². The Kier molecular flexibility index (Phi) is 6.02. The van der Waals surface area contributed by atoms with Gasteiger partial charge in [-0.15, -0.1) is 0 Å². The minimum atomic E-state index is -0.710. The van der Waals surface area contributed by atoms with Crippen molar-refractivity contribution in [2.75, 3.05) is 7.11 Å². The molecule has 0 saturated carbocycles. The first-order valence-corrected chi connectivity index (χ1v) is 11.6. The van der Waals surface area contributed by atoms with Crippen molar-refractivity contribution in [3.05, 3.63) is 155 Å². The largest absolute Gasteiger partial charge is 0.496 e. The van der Waals surface area contributed by atoms with Gasteiger partial charge in [0.15, 0.2) is 0 Å². The maximum atomic E-state index is 13.6. The molecule has 0 radical (unpaired) electrons. The number of ether oxygens (including phenoxy) is 1. The summed E-state index contributed by atoms with van der Waals surface area (Å²) in [6.07, 6.45) is 3.62. The molecule has 35 heavy (non-hydrogen) atoms. The summed E-state index contributed by atoms with van der Waals surface area (Å²) in [6.45, 7) is 1.89. The van der Waals surface area contributed by atoms with Crippen LogP contribution in [0.4, 0.5) is 0 Å². The summed E-state index contributed by atoms with van der Waals surface area (Å²) in [7, 11) is 1.61. The average Bonchev–Trinajstić information content (AvgIpc) is 3.41. The quantitative estimate of drug-likeness (QED) is 0.213. The van der Waals surface area contributed by atoms with E-state index in [4.69, 9.17) is 4.74 Å². The molecule has 0 aliphatic heterocycles. The number of hydrogen-bond donors (Lipinski definition) is 0. The number of benzene rings is 4. The predicted octanol–water partition coefficient (Wildman–Crippen LogP) is 6.27. The van der Waals surface area contributed by atoms with Gasteiger partial charge in [-0.25, -0.2) is 4.98 Å². The van der Waals surface area contributed by atoms with E-state index in [0.717, 1.165) is 22.3 Å². The minimum absolute atomic E-state index is 0.136. The van der Waals surface area contributed by atoms with Crippen molar-refractivity contribution in [1.82, 2.24) is 9.55 Å². The molecule has 5 aromatic rings. The molecule has 4 nitrogen and oxygen atoms in total. The van der Waals surface area contributed by atoms with Crippen LogP contribution in [0, 0.1) is 6.92 Å². The van der Waals surface area contributed by atoms with E-state index in [1.807, 2.05) is 85.9 Å². The van der Waals surface area contributed by atoms with Crippen molar-refractivity contribution in [1.29, 1.82) is 0 Å². The van der Waals surface area contributed by atoms with Gasteiger partial charge in [-0.1, -0.05) is 103 Å². The molecule has 0 N–H and O–H groups in total. The molecule has 4 heteroatoms. The molecule has 0 aliphatic carbocycles. The molecule has 0 bridgehead atoms. The summed E-state index contributed by atoms with van der Waals surface area (Å²) in [6, 6.07) is 36.5. The van der Waals surface area contributed by atoms with Crippen molar-refractivity contribution in [2.24, 2.45) is 0 Å². The average molecular weight is 459 g/mol. The second-order valence-corrected chi connectivity index (χ2v) is 8.44. The maximum absolute atomic E-state index is 13.6. The van der Waals surface area contributed by atoms with Gasteiger partial charge in [0.05, 0.1) is 13.4 Å². The van der Waals surface area contributed by atoms with Gasteiger partial charge in [0.1, 0.15) is 17.0 Å². The highest BCUT2D eigenvalue weighted by atomic mass is 16.5. The smallest absolute Gasteiger partial charge is 0.213 e. The first-order valence-electron chi connectivity index (χ1n) is 11.6. The first kappa shape index (κ1) is 22.4. The number of imidazole rings is 1. The number of carbonyl (C=O) groups is 1. The molecule has 0 unspecified atom stereocenters. The van der Waals surface area contributed by atoms with Gasteiger partial charge < -0.3 is 9.30 Å². The first-order chi connectivity index (χ1) is 17.2. The molecule has 0 fully saturated rings. The van der Waals surface area contributed by atoms with Gasteiger partial charge in [-0.2, -0.15) is 0 Å². The number of carbonyl (C=O) groups excluding carboxylic acids is 1. The number of methoxy groups -OCH3 is 1. The Labute approximate surface area is 205 Å². The van der Waals surface area contributed by atoms with Crippen LogP contribution in [-0.2, 0) is 5.54 Å². The van der Waals surface area contributed by atoms with Crippen molar-refractivity contribution in [3.63, 3.8) is 0 Å². The maximum Gasteiger partial charge on any atom is 0.213 e. The molecule has 4 aromatic carbocycles. The number of hydrogen-bond acceptors (Lipinski definition) is 3. The van der Waals surface area contributed by atoms with Gasteiger partial charge in [-0.05, 0) is 29.7 Å². The van der Waals surface area contributed by atoms with Crippen molar-refractivity contribution in [2.45, 2.75) is 12.5 Å². The van der Waals surface area contributed by atoms with E-state index in [1.165, 1.54) is 0 Å². The monoisotopic (exact) mass is 458 g/mol. The van der Waals surface area contributed by atoms with Gasteiger partial charge in [0.25, 0.3) is 0 Å². The lowest BCUT2D eigenvalue weighted by Crippen LogP contribution is -2.37. The summed E-state index contributed by atoms with van der Waals surface area (Å²) in [5, 5.41) is 0. The van der Waals surface area contributed by atoms with Crippen LogP contribution in [-0.4, -0.2) is 22.4 Å². The Balaban J connectivity index is 1.74. The Hall–Kier alpha value is -4.44. The van der Waals surface area contributed by atoms with E-state index in [0.29, 0.717) is 17.0 Å². The number of ketones is 1. The van der Waals surface area contributed by atoms with Crippen molar-refractivity contribution < 1.29 is 9.53 Å². The molecular formula is C31H26N2O2. The highest BCUT2D eigenvalue weighted by Gasteiger charge is 2.38. The fourth-order valence-electron chi connectivity index (χ4n) is 4.83. The third-order valence-electron chi connectivity index (χ3n) is 6.53. The zero-order valence-corrected chi connectivity index (χ0v) is 19.8. The van der Waals surface area contributed by atoms with Crippen LogP contribution < -0.4 is 4.74 Å². The van der Waals surface area contributed by atoms with E-state index < -0.39 is 5.54 Å². The Bertz CT molecular complexity index is 1340. The van der Waals surface area contributed by atoms with Crippen molar-refractivity contribution >= 4 is 5.78 Å². The number of aromatic nitrogens is 2. The van der Waals surface area contributed by atoms with Crippen LogP contribution in [0.3, 0.4) is 0 Å². The molecule has 0 spiro atoms. The summed E-state index contributed by atoms with van der Waals surface area (Å²) in [4.78, 5) is 18.2. The second-order valence-electron chi connectivity index (χ2n) is 8.44. The lowest BCUT2D eigenvalue weighted by atomic mass is 9.77. The highest BCUT2D eigenvalue weighted by Crippen LogP contribution is 2.41. The molecule has 0 aliphatic rings. The van der Waals surface area contributed by atoms with Crippen LogP contribution in [0.2, 0.25) is 0 Å². The Morgan fingerprint density at radius 2 is 1.26 bits per heavy atom. The summed E-state index contributed by atoms with van der Waals surface area (Å²) < 4.78 is 7.48. The topological polar surface area (TPSA) is 44.1 Å². The minimum Gasteiger partial charge on any atom is -0.496 e. The molecule has 0 atom stereocenters. The summed E-state index contributed by atoms with van der Waals surface area (Å²) in [5.74, 6) is 0.547. The van der Waals surface area contributed by atoms with Crippen LogP contribution in [0.1, 0.15) is 38.3 Å². The zero-order chi connectivity index (χ0) is 24.3. The molecule has 1 heterocycles. The van der Waals surface area contributed by atoms with Crippen LogP contribution in [0.15, 0.2) is 122 Å². The molecule has 5 rings (SSSR count). The van der Waals surface area contributed by atoms with Gasteiger partial charge in [0, 0.05) is 17.3 Å². The van der Waals surface area contributed by atoms with Gasteiger partial charge in [0.2, 0.25) is 5.78 Å². The highest BCUT2D eigenvalue weighted by molar-refractivity contribution is 6.08. The van der Waals surface area contributed by atoms with E-state index >= 15 is 0 Å². The molecule has 172 valence electrons. The number of nitrogens with zero attached hydrogens (tertiary/aromatic N) is 2. The fraction of sp³-hybridized carbons (Fsp3) is 0.0968. The molecular weight excluding hydrogens is 432 g/mol. The standard InChI is InChI=1S/C31H26N2O2/c1-23-27(19-12-20-29(23)35-2)30(34)28-21-33(22-32-28)31(24-13-6-3-7-14-24,25-15-8-4-9-16-25)26-17-10-5-11-18-26/h3-22H,1-2H3. The van der Waals surface area contributed by atoms with E-state index in [1.54, 1.807) is 13.4 Å². The summed E-state index contributed by atoms with van der Waals surface area (Å²) in [5.41, 5.74) is 4.28. The molecule has 0 saturated heterocycles. The van der Waals surface area contributed by atoms with Gasteiger partial charge >= 0.3 is 0 Å². The van der Waals surface area contributed by atoms with Crippen LogP contribution in [0.25, 0.3) is 0 Å². The van der Waals surface area contributed by atoms with Crippen LogP contribution >= 0.6 is 0 Å². The molecule has 1 aromatic heterocycles. The third-order valence-corrected chi connectivity index (χ3v) is 6.53. The van der Waals surface area contributed by atoms with E-state index in [2.05, 4.69) is 45.9 Å². The third kappa shape index (κ3) is 3.83. The SMILES string of the molecule is COc1cccc(C(=O)c2cn(C(c3ccccc3)(c3ccccc3)c3ccccc3)cn2)c1C. The molecule has 0 amide bonds. The predicted molar refractivity (Wildman–Crippen MR) is 138 cm³/mol.